The summed E-state index contributed by atoms with van der Waals surface area (Å²) >= 11 is 0. The lowest BCUT2D eigenvalue weighted by molar-refractivity contribution is -0.138. The molecule has 0 unspecified atom stereocenters. The van der Waals surface area contributed by atoms with Crippen molar-refractivity contribution < 1.29 is 14.7 Å². The number of carbonyl (C=O) groups excluding carboxylic acids is 2. The Balaban J connectivity index is 1.76. The molecule has 2 N–H and O–H groups in total. The molecule has 2 rings (SSSR count). The molecule has 0 saturated carbocycles. The maximum Gasteiger partial charge on any atom is 0.239 e. The third-order valence-corrected chi connectivity index (χ3v) is 4.30. The zero-order valence-electron chi connectivity index (χ0n) is 12.4. The molecule has 2 amide bonds. The number of hydrogen-bond acceptors (Lipinski definition) is 4. The zero-order chi connectivity index (χ0) is 14.8. The summed E-state index contributed by atoms with van der Waals surface area (Å²) in [7, 11) is 0. The summed E-state index contributed by atoms with van der Waals surface area (Å²) in [5.41, 5.74) is -0.638. The Hall–Kier alpha value is -1.14. The lowest BCUT2D eigenvalue weighted by Crippen LogP contribution is -2.54. The summed E-state index contributed by atoms with van der Waals surface area (Å²) in [5, 5.41) is 13.0. The van der Waals surface area contributed by atoms with Gasteiger partial charge < -0.3 is 20.2 Å². The lowest BCUT2D eigenvalue weighted by atomic mass is 9.94. The Morgan fingerprint density at radius 3 is 2.70 bits per heavy atom. The molecular weight excluding hydrogens is 258 g/mol. The summed E-state index contributed by atoms with van der Waals surface area (Å²) in [6.45, 7) is 6.84. The van der Waals surface area contributed by atoms with Gasteiger partial charge in [-0.1, -0.05) is 0 Å². The number of piperidine rings is 1. The van der Waals surface area contributed by atoms with E-state index < -0.39 is 5.60 Å². The molecule has 0 spiro atoms. The second-order valence-corrected chi connectivity index (χ2v) is 6.13. The Bertz CT molecular complexity index is 374. The average Bonchev–Trinajstić information content (AvgIpc) is 2.40. The number of nitrogens with zero attached hydrogens (tertiary/aromatic N) is 2. The van der Waals surface area contributed by atoms with Crippen LogP contribution in [0.15, 0.2) is 0 Å². The van der Waals surface area contributed by atoms with Gasteiger partial charge in [-0.15, -0.1) is 0 Å². The molecule has 2 heterocycles. The predicted molar refractivity (Wildman–Crippen MR) is 75.1 cm³/mol. The monoisotopic (exact) mass is 283 g/mol. The molecule has 2 aliphatic rings. The summed E-state index contributed by atoms with van der Waals surface area (Å²) in [6.07, 6.45) is 1.63. The Morgan fingerprint density at radius 2 is 2.05 bits per heavy atom. The SMILES string of the molecule is C[C@@H]1NCCN(CCC(=O)N2CCC(C)(O)CC2)C1=O. The molecule has 0 aromatic rings. The molecule has 6 heteroatoms. The predicted octanol–water partition coefficient (Wildman–Crippen LogP) is -0.430. The zero-order valence-corrected chi connectivity index (χ0v) is 12.4. The van der Waals surface area contributed by atoms with Crippen molar-refractivity contribution in [1.29, 1.82) is 0 Å². The number of rotatable bonds is 3. The fourth-order valence-electron chi connectivity index (χ4n) is 2.74. The van der Waals surface area contributed by atoms with Crippen LogP contribution in [0.5, 0.6) is 0 Å². The van der Waals surface area contributed by atoms with Gasteiger partial charge in [-0.3, -0.25) is 9.59 Å². The molecule has 114 valence electrons. The molecule has 0 aromatic heterocycles. The molecule has 0 aliphatic carbocycles. The smallest absolute Gasteiger partial charge is 0.239 e. The highest BCUT2D eigenvalue weighted by atomic mass is 16.3. The first-order valence-electron chi connectivity index (χ1n) is 7.41. The average molecular weight is 283 g/mol. The van der Waals surface area contributed by atoms with Gasteiger partial charge in [0.15, 0.2) is 0 Å². The van der Waals surface area contributed by atoms with Crippen molar-refractivity contribution >= 4 is 11.8 Å². The molecule has 2 aliphatic heterocycles. The highest BCUT2D eigenvalue weighted by Gasteiger charge is 2.30. The fraction of sp³-hybridized carbons (Fsp3) is 0.857. The molecule has 6 nitrogen and oxygen atoms in total. The normalized spacial score (nSPS) is 26.8. The van der Waals surface area contributed by atoms with E-state index in [-0.39, 0.29) is 17.9 Å². The first-order chi connectivity index (χ1) is 9.39. The van der Waals surface area contributed by atoms with Crippen molar-refractivity contribution in [2.75, 3.05) is 32.7 Å². The summed E-state index contributed by atoms with van der Waals surface area (Å²) in [5.74, 6) is 0.158. The van der Waals surface area contributed by atoms with Crippen LogP contribution in [0, 0.1) is 0 Å². The van der Waals surface area contributed by atoms with Gasteiger partial charge in [0.05, 0.1) is 11.6 Å². The van der Waals surface area contributed by atoms with Crippen LogP contribution in [0.25, 0.3) is 0 Å². The first kappa shape index (κ1) is 15.3. The van der Waals surface area contributed by atoms with Crippen LogP contribution in [0.4, 0.5) is 0 Å². The fourth-order valence-corrected chi connectivity index (χ4v) is 2.74. The van der Waals surface area contributed by atoms with Crippen molar-refractivity contribution in [1.82, 2.24) is 15.1 Å². The third kappa shape index (κ3) is 3.70. The van der Waals surface area contributed by atoms with Gasteiger partial charge in [0.2, 0.25) is 11.8 Å². The number of nitrogens with one attached hydrogen (secondary N) is 1. The topological polar surface area (TPSA) is 72.9 Å². The lowest BCUT2D eigenvalue weighted by Gasteiger charge is -2.36. The van der Waals surface area contributed by atoms with E-state index in [0.717, 1.165) is 6.54 Å². The van der Waals surface area contributed by atoms with E-state index in [0.29, 0.717) is 45.4 Å². The van der Waals surface area contributed by atoms with Crippen LogP contribution in [0.2, 0.25) is 0 Å². The van der Waals surface area contributed by atoms with Crippen LogP contribution in [-0.2, 0) is 9.59 Å². The summed E-state index contributed by atoms with van der Waals surface area (Å²) in [4.78, 5) is 27.6. The number of hydrogen-bond donors (Lipinski definition) is 2. The van der Waals surface area contributed by atoms with E-state index in [4.69, 9.17) is 0 Å². The van der Waals surface area contributed by atoms with Crippen molar-refractivity contribution in [2.24, 2.45) is 0 Å². The van der Waals surface area contributed by atoms with Crippen molar-refractivity contribution in [2.45, 2.75) is 44.8 Å². The van der Waals surface area contributed by atoms with Gasteiger partial charge in [-0.05, 0) is 26.7 Å². The van der Waals surface area contributed by atoms with E-state index in [1.807, 2.05) is 13.8 Å². The van der Waals surface area contributed by atoms with Crippen LogP contribution in [0.1, 0.15) is 33.1 Å². The highest BCUT2D eigenvalue weighted by molar-refractivity contribution is 5.83. The Morgan fingerprint density at radius 1 is 1.40 bits per heavy atom. The minimum absolute atomic E-state index is 0.0747. The molecule has 1 atom stereocenters. The molecule has 0 bridgehead atoms. The maximum absolute atomic E-state index is 12.1. The highest BCUT2D eigenvalue weighted by Crippen LogP contribution is 2.21. The van der Waals surface area contributed by atoms with E-state index in [1.165, 1.54) is 0 Å². The van der Waals surface area contributed by atoms with Gasteiger partial charge in [0.1, 0.15) is 0 Å². The summed E-state index contributed by atoms with van der Waals surface area (Å²) < 4.78 is 0. The van der Waals surface area contributed by atoms with Crippen molar-refractivity contribution in [3.05, 3.63) is 0 Å². The Labute approximate surface area is 120 Å². The first-order valence-corrected chi connectivity index (χ1v) is 7.41. The largest absolute Gasteiger partial charge is 0.390 e. The number of likely N-dealkylation sites (tertiary alicyclic amines) is 1. The van der Waals surface area contributed by atoms with Gasteiger partial charge >= 0.3 is 0 Å². The van der Waals surface area contributed by atoms with E-state index in [2.05, 4.69) is 5.32 Å². The minimum Gasteiger partial charge on any atom is -0.390 e. The molecule has 20 heavy (non-hydrogen) atoms. The quantitative estimate of drug-likeness (QED) is 0.737. The third-order valence-electron chi connectivity index (χ3n) is 4.30. The van der Waals surface area contributed by atoms with Crippen LogP contribution >= 0.6 is 0 Å². The standard InChI is InChI=1S/C14H25N3O3/c1-11-13(19)17(10-6-15-11)7-3-12(18)16-8-4-14(2,20)5-9-16/h11,15,20H,3-10H2,1-2H3/t11-/m0/s1. The molecule has 0 radical (unpaired) electrons. The van der Waals surface area contributed by atoms with E-state index in [1.54, 1.807) is 9.80 Å². The van der Waals surface area contributed by atoms with Crippen LogP contribution in [-0.4, -0.2) is 71.1 Å². The van der Waals surface area contributed by atoms with E-state index in [9.17, 15) is 14.7 Å². The van der Waals surface area contributed by atoms with Gasteiger partial charge in [0.25, 0.3) is 0 Å². The van der Waals surface area contributed by atoms with Gasteiger partial charge in [-0.2, -0.15) is 0 Å². The van der Waals surface area contributed by atoms with Gasteiger partial charge in [0, 0.05) is 39.1 Å². The van der Waals surface area contributed by atoms with Crippen LogP contribution < -0.4 is 5.32 Å². The molecular formula is C14H25N3O3. The van der Waals surface area contributed by atoms with Crippen molar-refractivity contribution in [3.8, 4) is 0 Å². The number of carbonyl (C=O) groups is 2. The number of amides is 2. The van der Waals surface area contributed by atoms with Crippen LogP contribution in [0.3, 0.4) is 0 Å². The summed E-state index contributed by atoms with van der Waals surface area (Å²) in [6, 6.07) is -0.149. The number of aliphatic hydroxyl groups is 1. The molecule has 0 aromatic carbocycles. The van der Waals surface area contributed by atoms with Gasteiger partial charge in [-0.25, -0.2) is 0 Å². The second-order valence-electron chi connectivity index (χ2n) is 6.13. The van der Waals surface area contributed by atoms with Crippen molar-refractivity contribution in [3.63, 3.8) is 0 Å². The van der Waals surface area contributed by atoms with E-state index >= 15 is 0 Å². The molecule has 2 fully saturated rings. The molecule has 2 saturated heterocycles. The maximum atomic E-state index is 12.1. The Kier molecular flexibility index (Phi) is 4.65. The minimum atomic E-state index is -0.638. The second kappa shape index (κ2) is 6.10. The number of piperazine rings is 1.